The van der Waals surface area contributed by atoms with Gasteiger partial charge in [0.2, 0.25) is 0 Å². The van der Waals surface area contributed by atoms with Crippen molar-refractivity contribution in [1.82, 2.24) is 0 Å². The summed E-state index contributed by atoms with van der Waals surface area (Å²) in [6, 6.07) is 0.636. The normalized spacial score (nSPS) is 28.2. The smallest absolute Gasteiger partial charge is 0.0764 e. The molecule has 0 unspecified atom stereocenters. The molecular weight excluding hydrogens is 160 g/mol. The van der Waals surface area contributed by atoms with Crippen LogP contribution in [-0.4, -0.2) is 24.5 Å². The van der Waals surface area contributed by atoms with Gasteiger partial charge in [-0.15, -0.1) is 0 Å². The predicted molar refractivity (Wildman–Crippen MR) is 56.9 cm³/mol. The van der Waals surface area contributed by atoms with Crippen molar-refractivity contribution in [2.45, 2.75) is 51.0 Å². The van der Waals surface area contributed by atoms with Gasteiger partial charge in [-0.25, -0.2) is 0 Å². The highest BCUT2D eigenvalue weighted by Crippen LogP contribution is 2.21. The first-order valence-corrected chi connectivity index (χ1v) is 5.49. The van der Waals surface area contributed by atoms with Crippen LogP contribution in [0.2, 0.25) is 0 Å². The molecule has 0 bridgehead atoms. The Bertz CT molecular complexity index is 212. The summed E-state index contributed by atoms with van der Waals surface area (Å²) in [4.78, 5) is 9.07. The van der Waals surface area contributed by atoms with Crippen molar-refractivity contribution in [3.8, 4) is 0 Å². The SMILES string of the molecule is C1=NCC(=NC2CCCCC2)CC1. The van der Waals surface area contributed by atoms with Crippen LogP contribution in [0, 0.1) is 0 Å². The van der Waals surface area contributed by atoms with Crippen LogP contribution in [-0.2, 0) is 0 Å². The van der Waals surface area contributed by atoms with Crippen LogP contribution < -0.4 is 0 Å². The van der Waals surface area contributed by atoms with Gasteiger partial charge in [-0.2, -0.15) is 0 Å². The Morgan fingerprint density at radius 2 is 2.08 bits per heavy atom. The lowest BCUT2D eigenvalue weighted by Gasteiger charge is -2.19. The maximum absolute atomic E-state index is 4.80. The summed E-state index contributed by atoms with van der Waals surface area (Å²) in [5.41, 5.74) is 1.34. The molecule has 2 aliphatic rings. The Kier molecular flexibility index (Phi) is 3.11. The quantitative estimate of drug-likeness (QED) is 0.589. The van der Waals surface area contributed by atoms with Gasteiger partial charge >= 0.3 is 0 Å². The molecule has 2 rings (SSSR count). The summed E-state index contributed by atoms with van der Waals surface area (Å²) in [5.74, 6) is 0. The lowest BCUT2D eigenvalue weighted by atomic mass is 9.95. The largest absolute Gasteiger partial charge is 0.292 e. The Balaban J connectivity index is 1.89. The Hall–Kier alpha value is -0.660. The van der Waals surface area contributed by atoms with E-state index in [9.17, 15) is 0 Å². The van der Waals surface area contributed by atoms with Crippen molar-refractivity contribution in [3.63, 3.8) is 0 Å². The third-order valence-electron chi connectivity index (χ3n) is 2.90. The number of rotatable bonds is 1. The minimum absolute atomic E-state index is 0.636. The lowest BCUT2D eigenvalue weighted by Crippen LogP contribution is -2.16. The van der Waals surface area contributed by atoms with E-state index in [2.05, 4.69) is 4.99 Å². The van der Waals surface area contributed by atoms with Crippen molar-refractivity contribution >= 4 is 11.9 Å². The summed E-state index contributed by atoms with van der Waals surface area (Å²) in [7, 11) is 0. The first kappa shape index (κ1) is 8.92. The molecule has 1 aliphatic carbocycles. The predicted octanol–water partition coefficient (Wildman–Crippen LogP) is 2.62. The Morgan fingerprint density at radius 1 is 1.23 bits per heavy atom. The summed E-state index contributed by atoms with van der Waals surface area (Å²) < 4.78 is 0. The van der Waals surface area contributed by atoms with Gasteiger partial charge in [-0.3, -0.25) is 9.98 Å². The molecule has 0 aromatic heterocycles. The van der Waals surface area contributed by atoms with Gasteiger partial charge in [0.15, 0.2) is 0 Å². The zero-order valence-electron chi connectivity index (χ0n) is 8.21. The minimum atomic E-state index is 0.636. The molecular formula is C11H18N2. The maximum Gasteiger partial charge on any atom is 0.0764 e. The topological polar surface area (TPSA) is 24.7 Å². The van der Waals surface area contributed by atoms with E-state index < -0.39 is 0 Å². The number of aliphatic imine (C=N–C) groups is 2. The highest BCUT2D eigenvalue weighted by molar-refractivity contribution is 5.91. The van der Waals surface area contributed by atoms with E-state index in [1.807, 2.05) is 6.21 Å². The molecule has 0 amide bonds. The molecule has 0 atom stereocenters. The fourth-order valence-corrected chi connectivity index (χ4v) is 2.15. The van der Waals surface area contributed by atoms with Crippen LogP contribution in [0.5, 0.6) is 0 Å². The summed E-state index contributed by atoms with van der Waals surface area (Å²) in [6.07, 6.45) is 11.1. The van der Waals surface area contributed by atoms with E-state index >= 15 is 0 Å². The molecule has 2 heteroatoms. The highest BCUT2D eigenvalue weighted by Gasteiger charge is 2.13. The minimum Gasteiger partial charge on any atom is -0.292 e. The molecule has 0 radical (unpaired) electrons. The van der Waals surface area contributed by atoms with Gasteiger partial charge in [0.25, 0.3) is 0 Å². The summed E-state index contributed by atoms with van der Waals surface area (Å²) >= 11 is 0. The molecule has 0 aromatic rings. The lowest BCUT2D eigenvalue weighted by molar-refractivity contribution is 0.442. The molecule has 2 nitrogen and oxygen atoms in total. The van der Waals surface area contributed by atoms with Crippen LogP contribution >= 0.6 is 0 Å². The molecule has 0 saturated heterocycles. The highest BCUT2D eigenvalue weighted by atomic mass is 14.8. The molecule has 0 aromatic carbocycles. The molecule has 1 fully saturated rings. The van der Waals surface area contributed by atoms with E-state index in [1.54, 1.807) is 0 Å². The molecule has 72 valence electrons. The molecule has 0 N–H and O–H groups in total. The van der Waals surface area contributed by atoms with Crippen molar-refractivity contribution in [3.05, 3.63) is 0 Å². The maximum atomic E-state index is 4.80. The van der Waals surface area contributed by atoms with E-state index in [-0.39, 0.29) is 0 Å². The molecule has 1 saturated carbocycles. The average Bonchev–Trinajstić information content (AvgIpc) is 2.21. The van der Waals surface area contributed by atoms with Gasteiger partial charge in [0.05, 0.1) is 6.54 Å². The van der Waals surface area contributed by atoms with Crippen LogP contribution in [0.15, 0.2) is 9.98 Å². The van der Waals surface area contributed by atoms with Crippen molar-refractivity contribution < 1.29 is 0 Å². The molecule has 1 heterocycles. The zero-order chi connectivity index (χ0) is 8.93. The summed E-state index contributed by atoms with van der Waals surface area (Å²) in [5, 5.41) is 0. The van der Waals surface area contributed by atoms with Crippen LogP contribution in [0.4, 0.5) is 0 Å². The van der Waals surface area contributed by atoms with Gasteiger partial charge < -0.3 is 0 Å². The van der Waals surface area contributed by atoms with Crippen LogP contribution in [0.3, 0.4) is 0 Å². The second-order valence-corrected chi connectivity index (χ2v) is 4.05. The van der Waals surface area contributed by atoms with Crippen LogP contribution in [0.1, 0.15) is 44.9 Å². The number of hydrogen-bond donors (Lipinski definition) is 0. The molecule has 0 spiro atoms. The van der Waals surface area contributed by atoms with Gasteiger partial charge in [0, 0.05) is 11.8 Å². The van der Waals surface area contributed by atoms with Crippen molar-refractivity contribution in [1.29, 1.82) is 0 Å². The third kappa shape index (κ3) is 2.64. The van der Waals surface area contributed by atoms with Gasteiger partial charge in [-0.05, 0) is 31.9 Å². The van der Waals surface area contributed by atoms with Crippen molar-refractivity contribution in [2.75, 3.05) is 6.54 Å². The second kappa shape index (κ2) is 4.54. The van der Waals surface area contributed by atoms with E-state index in [1.165, 1.54) is 37.8 Å². The molecule has 13 heavy (non-hydrogen) atoms. The van der Waals surface area contributed by atoms with E-state index in [0.717, 1.165) is 19.4 Å². The fraction of sp³-hybridized carbons (Fsp3) is 0.818. The first-order chi connectivity index (χ1) is 6.45. The number of hydrogen-bond acceptors (Lipinski definition) is 2. The average molecular weight is 178 g/mol. The Morgan fingerprint density at radius 3 is 2.77 bits per heavy atom. The first-order valence-electron chi connectivity index (χ1n) is 5.49. The van der Waals surface area contributed by atoms with Crippen LogP contribution in [0.25, 0.3) is 0 Å². The van der Waals surface area contributed by atoms with Gasteiger partial charge in [0.1, 0.15) is 0 Å². The van der Waals surface area contributed by atoms with E-state index in [4.69, 9.17) is 4.99 Å². The van der Waals surface area contributed by atoms with Crippen molar-refractivity contribution in [2.24, 2.45) is 9.98 Å². The second-order valence-electron chi connectivity index (χ2n) is 4.05. The number of nitrogens with zero attached hydrogens (tertiary/aromatic N) is 2. The zero-order valence-corrected chi connectivity index (χ0v) is 8.21. The fourth-order valence-electron chi connectivity index (χ4n) is 2.15. The Labute approximate surface area is 80.2 Å². The standard InChI is InChI=1S/C11H18N2/c1-2-5-10(6-3-1)13-11-7-4-8-12-9-11/h8,10H,1-7,9H2. The monoisotopic (exact) mass is 178 g/mol. The van der Waals surface area contributed by atoms with Gasteiger partial charge in [-0.1, -0.05) is 19.3 Å². The third-order valence-corrected chi connectivity index (χ3v) is 2.90. The molecule has 1 aliphatic heterocycles. The van der Waals surface area contributed by atoms with E-state index in [0.29, 0.717) is 6.04 Å². The summed E-state index contributed by atoms with van der Waals surface area (Å²) in [6.45, 7) is 0.872.